The molecule has 2 aliphatic heterocycles. The van der Waals surface area contributed by atoms with Gasteiger partial charge >= 0.3 is 0 Å². The zero-order valence-electron chi connectivity index (χ0n) is 12.0. The van der Waals surface area contributed by atoms with Crippen molar-refractivity contribution in [2.75, 3.05) is 7.11 Å². The number of hydrogen-bond donors (Lipinski definition) is 0. The summed E-state index contributed by atoms with van der Waals surface area (Å²) in [4.78, 5) is 12.8. The molecule has 2 unspecified atom stereocenters. The van der Waals surface area contributed by atoms with E-state index in [1.165, 1.54) is 13.2 Å². The summed E-state index contributed by atoms with van der Waals surface area (Å²) < 4.78 is 17.2. The zero-order valence-corrected chi connectivity index (χ0v) is 12.0. The number of hydrogen-bond acceptors (Lipinski definition) is 4. The first kappa shape index (κ1) is 13.1. The lowest BCUT2D eigenvalue weighted by Crippen LogP contribution is -2.44. The highest BCUT2D eigenvalue weighted by molar-refractivity contribution is 6.07. The molecule has 0 amide bonds. The van der Waals surface area contributed by atoms with Crippen molar-refractivity contribution >= 4 is 11.5 Å². The largest absolute Gasteiger partial charge is 0.467 e. The Morgan fingerprint density at radius 2 is 1.77 bits per heavy atom. The van der Waals surface area contributed by atoms with Crippen LogP contribution in [0.2, 0.25) is 0 Å². The third kappa shape index (κ3) is 1.64. The van der Waals surface area contributed by atoms with Crippen LogP contribution in [-0.4, -0.2) is 19.2 Å². The van der Waals surface area contributed by atoms with Crippen LogP contribution in [0, 0.1) is 0 Å². The highest BCUT2D eigenvalue weighted by Gasteiger charge is 2.60. The molecule has 0 aliphatic carbocycles. The molecular formula is C18H14O4. The number of ketones is 1. The molecule has 0 N–H and O–H groups in total. The van der Waals surface area contributed by atoms with E-state index in [0.29, 0.717) is 17.1 Å². The van der Waals surface area contributed by atoms with Crippen molar-refractivity contribution in [2.45, 2.75) is 11.9 Å². The van der Waals surface area contributed by atoms with Crippen LogP contribution in [0.15, 0.2) is 60.7 Å². The first-order valence-corrected chi connectivity index (χ1v) is 7.05. The van der Waals surface area contributed by atoms with Gasteiger partial charge in [0.2, 0.25) is 5.78 Å². The number of para-hydroxylation sites is 1. The second-order valence-corrected chi connectivity index (χ2v) is 5.26. The average Bonchev–Trinajstić information content (AvgIpc) is 3.08. The smallest absolute Gasteiger partial charge is 0.261 e. The van der Waals surface area contributed by atoms with E-state index in [9.17, 15) is 4.79 Å². The van der Waals surface area contributed by atoms with Gasteiger partial charge in [-0.25, -0.2) is 0 Å². The van der Waals surface area contributed by atoms with Crippen LogP contribution in [-0.2, 0) is 19.9 Å². The minimum atomic E-state index is -1.25. The van der Waals surface area contributed by atoms with Crippen LogP contribution < -0.4 is 4.74 Å². The van der Waals surface area contributed by atoms with Crippen LogP contribution in [0.1, 0.15) is 11.1 Å². The maximum absolute atomic E-state index is 12.8. The number of benzene rings is 2. The fourth-order valence-electron chi connectivity index (χ4n) is 2.99. The minimum absolute atomic E-state index is 0.164. The number of rotatable bonds is 2. The van der Waals surface area contributed by atoms with Crippen LogP contribution in [0.3, 0.4) is 0 Å². The SMILES string of the molecule is COC1Oc2ccccc2C12OC(c1ccccc1)=CC2=O. The molecule has 2 aromatic carbocycles. The lowest BCUT2D eigenvalue weighted by Gasteiger charge is -2.27. The van der Waals surface area contributed by atoms with Crippen molar-refractivity contribution < 1.29 is 19.0 Å². The molecule has 0 bridgehead atoms. The summed E-state index contributed by atoms with van der Waals surface area (Å²) in [5, 5.41) is 0. The molecule has 1 spiro atoms. The average molecular weight is 294 g/mol. The maximum Gasteiger partial charge on any atom is 0.261 e. The van der Waals surface area contributed by atoms with Gasteiger partial charge in [-0.3, -0.25) is 4.79 Å². The second kappa shape index (κ2) is 4.71. The van der Waals surface area contributed by atoms with Gasteiger partial charge in [0.15, 0.2) is 0 Å². The van der Waals surface area contributed by atoms with Gasteiger partial charge in [0.25, 0.3) is 11.9 Å². The topological polar surface area (TPSA) is 44.8 Å². The molecule has 0 aromatic heterocycles. The highest BCUT2D eigenvalue weighted by atomic mass is 16.7. The fraction of sp³-hybridized carbons (Fsp3) is 0.167. The molecule has 0 radical (unpaired) electrons. The van der Waals surface area contributed by atoms with Crippen LogP contribution in [0.5, 0.6) is 5.75 Å². The Balaban J connectivity index is 1.81. The quantitative estimate of drug-likeness (QED) is 0.854. The Hall–Kier alpha value is -2.59. The van der Waals surface area contributed by atoms with Crippen molar-refractivity contribution in [1.82, 2.24) is 0 Å². The molecule has 0 saturated heterocycles. The normalized spacial score (nSPS) is 25.6. The van der Waals surface area contributed by atoms with E-state index in [-0.39, 0.29) is 5.78 Å². The van der Waals surface area contributed by atoms with E-state index in [1.807, 2.05) is 54.6 Å². The molecule has 2 aliphatic rings. The van der Waals surface area contributed by atoms with Gasteiger partial charge in [0.05, 0.1) is 5.56 Å². The molecule has 2 atom stereocenters. The zero-order chi connectivity index (χ0) is 15.2. The molecule has 2 heterocycles. The third-order valence-electron chi connectivity index (χ3n) is 4.02. The van der Waals surface area contributed by atoms with Gasteiger partial charge in [0.1, 0.15) is 11.5 Å². The van der Waals surface area contributed by atoms with E-state index in [4.69, 9.17) is 14.2 Å². The number of methoxy groups -OCH3 is 1. The predicted octanol–water partition coefficient (Wildman–Crippen LogP) is 2.89. The summed E-state index contributed by atoms with van der Waals surface area (Å²) in [6.45, 7) is 0. The number of fused-ring (bicyclic) bond motifs is 2. The number of carbonyl (C=O) groups excluding carboxylic acids is 1. The van der Waals surface area contributed by atoms with E-state index in [0.717, 1.165) is 5.56 Å². The van der Waals surface area contributed by atoms with Crippen molar-refractivity contribution in [1.29, 1.82) is 0 Å². The monoisotopic (exact) mass is 294 g/mol. The van der Waals surface area contributed by atoms with Crippen LogP contribution in [0.25, 0.3) is 5.76 Å². The van der Waals surface area contributed by atoms with Gasteiger partial charge in [-0.15, -0.1) is 0 Å². The third-order valence-corrected chi connectivity index (χ3v) is 4.02. The maximum atomic E-state index is 12.8. The molecular weight excluding hydrogens is 280 g/mol. The summed E-state index contributed by atoms with van der Waals surface area (Å²) in [6, 6.07) is 16.9. The van der Waals surface area contributed by atoms with Crippen molar-refractivity contribution in [2.24, 2.45) is 0 Å². The summed E-state index contributed by atoms with van der Waals surface area (Å²) in [7, 11) is 1.51. The molecule has 0 saturated carbocycles. The summed E-state index contributed by atoms with van der Waals surface area (Å²) >= 11 is 0. The van der Waals surface area contributed by atoms with Gasteiger partial charge in [-0.2, -0.15) is 0 Å². The second-order valence-electron chi connectivity index (χ2n) is 5.26. The highest BCUT2D eigenvalue weighted by Crippen LogP contribution is 2.50. The molecule has 4 heteroatoms. The summed E-state index contributed by atoms with van der Waals surface area (Å²) in [6.07, 6.45) is 0.724. The predicted molar refractivity (Wildman–Crippen MR) is 80.1 cm³/mol. The van der Waals surface area contributed by atoms with E-state index < -0.39 is 11.9 Å². The van der Waals surface area contributed by atoms with E-state index in [2.05, 4.69) is 0 Å². The summed E-state index contributed by atoms with van der Waals surface area (Å²) in [5.74, 6) is 0.988. The van der Waals surface area contributed by atoms with Crippen LogP contribution in [0.4, 0.5) is 0 Å². The molecule has 2 aromatic rings. The van der Waals surface area contributed by atoms with Gasteiger partial charge in [-0.05, 0) is 6.07 Å². The Bertz CT molecular complexity index is 766. The molecule has 4 nitrogen and oxygen atoms in total. The van der Waals surface area contributed by atoms with E-state index in [1.54, 1.807) is 0 Å². The lowest BCUT2D eigenvalue weighted by molar-refractivity contribution is -0.172. The first-order valence-electron chi connectivity index (χ1n) is 7.05. The van der Waals surface area contributed by atoms with E-state index >= 15 is 0 Å². The first-order chi connectivity index (χ1) is 10.8. The molecule has 0 fully saturated rings. The Kier molecular flexibility index (Phi) is 2.81. The Morgan fingerprint density at radius 1 is 1.05 bits per heavy atom. The van der Waals surface area contributed by atoms with Crippen molar-refractivity contribution in [3.05, 3.63) is 71.8 Å². The number of ether oxygens (including phenoxy) is 3. The molecule has 22 heavy (non-hydrogen) atoms. The van der Waals surface area contributed by atoms with Gasteiger partial charge < -0.3 is 14.2 Å². The van der Waals surface area contributed by atoms with Gasteiger partial charge in [-0.1, -0.05) is 48.5 Å². The summed E-state index contributed by atoms with van der Waals surface area (Å²) in [5.41, 5.74) is 0.303. The lowest BCUT2D eigenvalue weighted by atomic mass is 9.91. The Labute approximate surface area is 127 Å². The van der Waals surface area contributed by atoms with Crippen molar-refractivity contribution in [3.8, 4) is 5.75 Å². The number of carbonyl (C=O) groups is 1. The van der Waals surface area contributed by atoms with Crippen molar-refractivity contribution in [3.63, 3.8) is 0 Å². The molecule has 110 valence electrons. The fourth-order valence-corrected chi connectivity index (χ4v) is 2.99. The standard InChI is InChI=1S/C18H14O4/c1-20-17-18(13-9-5-6-10-14(13)21-17)16(19)11-15(22-18)12-7-3-2-4-8-12/h2-11,17H,1H3. The van der Waals surface area contributed by atoms with Gasteiger partial charge in [0, 0.05) is 18.7 Å². The molecule has 4 rings (SSSR count). The Morgan fingerprint density at radius 3 is 2.55 bits per heavy atom. The van der Waals surface area contributed by atoms with Crippen LogP contribution >= 0.6 is 0 Å². The minimum Gasteiger partial charge on any atom is -0.467 e.